The number of hydrogen-bond acceptors (Lipinski definition) is 3. The van der Waals surface area contributed by atoms with Gasteiger partial charge in [0.1, 0.15) is 0 Å². The van der Waals surface area contributed by atoms with Crippen LogP contribution >= 0.6 is 22.9 Å². The summed E-state index contributed by atoms with van der Waals surface area (Å²) in [4.78, 5) is 17.3. The molecule has 5 heteroatoms. The van der Waals surface area contributed by atoms with Crippen LogP contribution in [0.1, 0.15) is 10.4 Å². The van der Waals surface area contributed by atoms with Gasteiger partial charge in [0, 0.05) is 19.7 Å². The van der Waals surface area contributed by atoms with Crippen LogP contribution in [-0.4, -0.2) is 29.9 Å². The van der Waals surface area contributed by atoms with Crippen molar-refractivity contribution in [3.63, 3.8) is 0 Å². The van der Waals surface area contributed by atoms with E-state index in [-0.39, 0.29) is 5.91 Å². The van der Waals surface area contributed by atoms with Gasteiger partial charge in [-0.1, -0.05) is 11.6 Å². The Balaban J connectivity index is 2.51. The average Bonchev–Trinajstić information content (AvgIpc) is 2.55. The second-order valence-electron chi connectivity index (χ2n) is 3.35. The molecule has 0 aliphatic heterocycles. The summed E-state index contributed by atoms with van der Waals surface area (Å²) < 4.78 is 1.44. The van der Waals surface area contributed by atoms with Crippen molar-refractivity contribution in [2.45, 2.75) is 0 Å². The molecule has 1 aromatic carbocycles. The maximum Gasteiger partial charge on any atom is 0.253 e. The van der Waals surface area contributed by atoms with Crippen LogP contribution in [-0.2, 0) is 0 Å². The van der Waals surface area contributed by atoms with Gasteiger partial charge in [0.05, 0.1) is 10.2 Å². The quantitative estimate of drug-likeness (QED) is 0.768. The molecule has 2 rings (SSSR count). The summed E-state index contributed by atoms with van der Waals surface area (Å²) >= 11 is 7.17. The van der Waals surface area contributed by atoms with Crippen molar-refractivity contribution in [3.8, 4) is 0 Å². The summed E-state index contributed by atoms with van der Waals surface area (Å²) in [6, 6.07) is 5.40. The number of nitrogens with zero attached hydrogens (tertiary/aromatic N) is 2. The molecule has 78 valence electrons. The van der Waals surface area contributed by atoms with Crippen molar-refractivity contribution < 1.29 is 4.79 Å². The van der Waals surface area contributed by atoms with Crippen LogP contribution in [0.2, 0.25) is 4.47 Å². The topological polar surface area (TPSA) is 33.2 Å². The Labute approximate surface area is 96.3 Å². The fourth-order valence-electron chi connectivity index (χ4n) is 1.29. The second-order valence-corrected chi connectivity index (χ2v) is 4.96. The van der Waals surface area contributed by atoms with Crippen molar-refractivity contribution in [3.05, 3.63) is 28.2 Å². The highest BCUT2D eigenvalue weighted by Crippen LogP contribution is 2.26. The molecule has 0 radical (unpaired) electrons. The number of benzene rings is 1. The van der Waals surface area contributed by atoms with Gasteiger partial charge in [0.25, 0.3) is 5.91 Å². The van der Waals surface area contributed by atoms with E-state index < -0.39 is 0 Å². The molecular weight excluding hydrogens is 232 g/mol. The minimum atomic E-state index is -0.0126. The molecule has 0 aliphatic rings. The summed E-state index contributed by atoms with van der Waals surface area (Å²) in [5, 5.41) is 0. The van der Waals surface area contributed by atoms with E-state index in [1.807, 2.05) is 12.1 Å². The summed E-state index contributed by atoms with van der Waals surface area (Å²) in [5.41, 5.74) is 1.49. The van der Waals surface area contributed by atoms with Crippen LogP contribution in [0.4, 0.5) is 0 Å². The molecule has 0 fully saturated rings. The lowest BCUT2D eigenvalue weighted by atomic mass is 10.2. The molecule has 0 aliphatic carbocycles. The van der Waals surface area contributed by atoms with Gasteiger partial charge >= 0.3 is 0 Å². The third-order valence-electron chi connectivity index (χ3n) is 2.02. The molecule has 0 N–H and O–H groups in total. The van der Waals surface area contributed by atoms with E-state index in [1.165, 1.54) is 11.3 Å². The lowest BCUT2D eigenvalue weighted by Gasteiger charge is -2.09. The van der Waals surface area contributed by atoms with Gasteiger partial charge in [-0.05, 0) is 18.2 Å². The SMILES string of the molecule is CN(C)C(=O)c1ccc2nc(Cl)sc2c1. The molecule has 3 nitrogen and oxygen atoms in total. The van der Waals surface area contributed by atoms with Crippen molar-refractivity contribution in [1.82, 2.24) is 9.88 Å². The van der Waals surface area contributed by atoms with Gasteiger partial charge in [-0.25, -0.2) is 4.98 Å². The predicted molar refractivity (Wildman–Crippen MR) is 62.6 cm³/mol. The smallest absolute Gasteiger partial charge is 0.253 e. The van der Waals surface area contributed by atoms with E-state index >= 15 is 0 Å². The molecule has 0 spiro atoms. The minimum absolute atomic E-state index is 0.0126. The van der Waals surface area contributed by atoms with Crippen molar-refractivity contribution >= 4 is 39.1 Å². The van der Waals surface area contributed by atoms with Crippen LogP contribution < -0.4 is 0 Å². The van der Waals surface area contributed by atoms with Crippen molar-refractivity contribution in [2.24, 2.45) is 0 Å². The van der Waals surface area contributed by atoms with Crippen LogP contribution in [0.15, 0.2) is 18.2 Å². The minimum Gasteiger partial charge on any atom is -0.345 e. The third-order valence-corrected chi connectivity index (χ3v) is 3.14. The van der Waals surface area contributed by atoms with E-state index in [0.717, 1.165) is 10.2 Å². The van der Waals surface area contributed by atoms with Crippen molar-refractivity contribution in [2.75, 3.05) is 14.1 Å². The number of halogens is 1. The second kappa shape index (κ2) is 3.79. The molecule has 1 aromatic heterocycles. The molecular formula is C10H9ClN2OS. The number of rotatable bonds is 1. The first-order chi connectivity index (χ1) is 7.08. The Morgan fingerprint density at radius 1 is 1.47 bits per heavy atom. The summed E-state index contributed by atoms with van der Waals surface area (Å²) in [5.74, 6) is -0.0126. The fraction of sp³-hybridized carbons (Fsp3) is 0.200. The number of hydrogen-bond donors (Lipinski definition) is 0. The first-order valence-corrected chi connectivity index (χ1v) is 5.55. The van der Waals surface area contributed by atoms with Gasteiger partial charge in [-0.2, -0.15) is 0 Å². The summed E-state index contributed by atoms with van der Waals surface area (Å²) in [6.45, 7) is 0. The molecule has 0 saturated carbocycles. The number of fused-ring (bicyclic) bond motifs is 1. The highest BCUT2D eigenvalue weighted by Gasteiger charge is 2.10. The Morgan fingerprint density at radius 2 is 2.20 bits per heavy atom. The fourth-order valence-corrected chi connectivity index (χ4v) is 2.36. The first-order valence-electron chi connectivity index (χ1n) is 4.35. The van der Waals surface area contributed by atoms with Crippen LogP contribution in [0.3, 0.4) is 0 Å². The monoisotopic (exact) mass is 240 g/mol. The van der Waals surface area contributed by atoms with Crippen LogP contribution in [0.25, 0.3) is 10.2 Å². The largest absolute Gasteiger partial charge is 0.345 e. The van der Waals surface area contributed by atoms with Gasteiger partial charge in [0.2, 0.25) is 0 Å². The maximum absolute atomic E-state index is 11.7. The molecule has 0 atom stereocenters. The highest BCUT2D eigenvalue weighted by atomic mass is 35.5. The van der Waals surface area contributed by atoms with E-state index in [1.54, 1.807) is 25.1 Å². The van der Waals surface area contributed by atoms with Crippen molar-refractivity contribution in [1.29, 1.82) is 0 Å². The van der Waals surface area contributed by atoms with Gasteiger partial charge < -0.3 is 4.90 Å². The first kappa shape index (κ1) is 10.4. The standard InChI is InChI=1S/C10H9ClN2OS/c1-13(2)9(14)6-3-4-7-8(5-6)15-10(11)12-7/h3-5H,1-2H3. The van der Waals surface area contributed by atoms with Gasteiger partial charge in [-0.3, -0.25) is 4.79 Å². The van der Waals surface area contributed by atoms with Crippen LogP contribution in [0.5, 0.6) is 0 Å². The molecule has 0 saturated heterocycles. The molecule has 0 unspecified atom stereocenters. The molecule has 1 heterocycles. The number of thiazole rings is 1. The zero-order valence-corrected chi connectivity index (χ0v) is 9.89. The summed E-state index contributed by atoms with van der Waals surface area (Å²) in [7, 11) is 3.46. The number of carbonyl (C=O) groups is 1. The van der Waals surface area contributed by atoms with E-state index in [0.29, 0.717) is 10.0 Å². The zero-order chi connectivity index (χ0) is 11.0. The molecule has 15 heavy (non-hydrogen) atoms. The van der Waals surface area contributed by atoms with E-state index in [9.17, 15) is 4.79 Å². The normalized spacial score (nSPS) is 10.6. The number of amides is 1. The molecule has 1 amide bonds. The Hall–Kier alpha value is -1.13. The molecule has 0 bridgehead atoms. The Kier molecular flexibility index (Phi) is 2.63. The molecule has 2 aromatic rings. The van der Waals surface area contributed by atoms with Gasteiger partial charge in [0.15, 0.2) is 4.47 Å². The third kappa shape index (κ3) is 1.96. The maximum atomic E-state index is 11.7. The lowest BCUT2D eigenvalue weighted by molar-refractivity contribution is 0.0828. The number of carbonyl (C=O) groups excluding carboxylic acids is 1. The van der Waals surface area contributed by atoms with E-state index in [2.05, 4.69) is 4.98 Å². The average molecular weight is 241 g/mol. The highest BCUT2D eigenvalue weighted by molar-refractivity contribution is 7.22. The van der Waals surface area contributed by atoms with E-state index in [4.69, 9.17) is 11.6 Å². The number of aromatic nitrogens is 1. The predicted octanol–water partition coefficient (Wildman–Crippen LogP) is 2.65. The van der Waals surface area contributed by atoms with Gasteiger partial charge in [-0.15, -0.1) is 11.3 Å². The Bertz CT molecular complexity index is 521. The summed E-state index contributed by atoms with van der Waals surface area (Å²) in [6.07, 6.45) is 0. The zero-order valence-electron chi connectivity index (χ0n) is 8.32. The Morgan fingerprint density at radius 3 is 2.87 bits per heavy atom. The lowest BCUT2D eigenvalue weighted by Crippen LogP contribution is -2.21. The van der Waals surface area contributed by atoms with Crippen LogP contribution in [0, 0.1) is 0 Å².